The van der Waals surface area contributed by atoms with E-state index in [1.807, 2.05) is 26.0 Å². The lowest BCUT2D eigenvalue weighted by Crippen LogP contribution is -2.19. The smallest absolute Gasteiger partial charge is 0.326 e. The lowest BCUT2D eigenvalue weighted by Gasteiger charge is -2.10. The first-order valence-corrected chi connectivity index (χ1v) is 7.41. The van der Waals surface area contributed by atoms with E-state index in [9.17, 15) is 14.7 Å². The maximum atomic E-state index is 12.7. The number of benzene rings is 2. The van der Waals surface area contributed by atoms with E-state index in [2.05, 4.69) is 5.32 Å². The van der Waals surface area contributed by atoms with Gasteiger partial charge in [0.15, 0.2) is 0 Å². The third-order valence-corrected chi connectivity index (χ3v) is 4.15. The largest absolute Gasteiger partial charge is 0.494 e. The summed E-state index contributed by atoms with van der Waals surface area (Å²) in [6.45, 7) is 3.85. The van der Waals surface area contributed by atoms with Crippen molar-refractivity contribution in [2.75, 3.05) is 5.32 Å². The molecule has 0 aliphatic heterocycles. The molecule has 0 bridgehead atoms. The maximum Gasteiger partial charge on any atom is 0.326 e. The van der Waals surface area contributed by atoms with E-state index in [1.54, 1.807) is 30.3 Å². The summed E-state index contributed by atoms with van der Waals surface area (Å²) in [7, 11) is 0. The quantitative estimate of drug-likeness (QED) is 0.676. The van der Waals surface area contributed by atoms with E-state index in [0.717, 1.165) is 15.7 Å². The summed E-state index contributed by atoms with van der Waals surface area (Å²) in [4.78, 5) is 24.3. The van der Waals surface area contributed by atoms with Crippen molar-refractivity contribution in [2.45, 2.75) is 13.8 Å². The van der Waals surface area contributed by atoms with Crippen molar-refractivity contribution in [3.63, 3.8) is 0 Å². The molecule has 2 amide bonds. The van der Waals surface area contributed by atoms with E-state index >= 15 is 0 Å². The number of nitrogens with one attached hydrogen (secondary N) is 1. The van der Waals surface area contributed by atoms with Gasteiger partial charge in [-0.25, -0.2) is 9.36 Å². The molecule has 0 spiro atoms. The number of nitrogens with zero attached hydrogens (tertiary/aromatic N) is 1. The normalized spacial score (nSPS) is 10.8. The van der Waals surface area contributed by atoms with Crippen molar-refractivity contribution in [3.05, 3.63) is 59.2 Å². The zero-order chi connectivity index (χ0) is 17.4. The monoisotopic (exact) mass is 323 g/mol. The SMILES string of the molecule is Cc1cccc(NC(=O)c2c(O)n(C(N)=O)c3ccccc23)c1C. The molecule has 24 heavy (non-hydrogen) atoms. The van der Waals surface area contributed by atoms with E-state index in [0.29, 0.717) is 16.6 Å². The molecular weight excluding hydrogens is 306 g/mol. The van der Waals surface area contributed by atoms with Crippen LogP contribution in [-0.4, -0.2) is 21.6 Å². The van der Waals surface area contributed by atoms with E-state index in [4.69, 9.17) is 5.73 Å². The molecule has 0 saturated carbocycles. The van der Waals surface area contributed by atoms with Gasteiger partial charge in [-0.2, -0.15) is 0 Å². The molecule has 0 radical (unpaired) electrons. The molecule has 122 valence electrons. The Morgan fingerprint density at radius 2 is 1.79 bits per heavy atom. The Hall–Kier alpha value is -3.28. The Balaban J connectivity index is 2.12. The van der Waals surface area contributed by atoms with Crippen LogP contribution in [0.1, 0.15) is 21.5 Å². The molecule has 0 unspecified atom stereocenters. The highest BCUT2D eigenvalue weighted by Gasteiger charge is 2.24. The number of aromatic nitrogens is 1. The first kappa shape index (κ1) is 15.6. The zero-order valence-corrected chi connectivity index (χ0v) is 13.3. The van der Waals surface area contributed by atoms with Crippen molar-refractivity contribution < 1.29 is 14.7 Å². The third kappa shape index (κ3) is 2.38. The Morgan fingerprint density at radius 3 is 2.50 bits per heavy atom. The van der Waals surface area contributed by atoms with Gasteiger partial charge in [0.2, 0.25) is 5.88 Å². The summed E-state index contributed by atoms with van der Waals surface area (Å²) in [6.07, 6.45) is 0. The first-order chi connectivity index (χ1) is 11.4. The zero-order valence-electron chi connectivity index (χ0n) is 13.3. The van der Waals surface area contributed by atoms with Gasteiger partial charge in [-0.15, -0.1) is 0 Å². The molecule has 6 nitrogen and oxygen atoms in total. The molecule has 3 rings (SSSR count). The molecule has 0 atom stereocenters. The second kappa shape index (κ2) is 5.73. The molecule has 3 aromatic rings. The Kier molecular flexibility index (Phi) is 3.73. The van der Waals surface area contributed by atoms with Gasteiger partial charge in [0, 0.05) is 11.1 Å². The minimum Gasteiger partial charge on any atom is -0.494 e. The standard InChI is InChI=1S/C18H17N3O3/c1-10-6-5-8-13(11(10)2)20-16(22)15-12-7-3-4-9-14(12)21(17(15)23)18(19)24/h3-9,23H,1-2H3,(H2,19,24)(H,20,22). The van der Waals surface area contributed by atoms with Crippen LogP contribution in [0.3, 0.4) is 0 Å². The van der Waals surface area contributed by atoms with Gasteiger partial charge in [0.25, 0.3) is 5.91 Å². The lowest BCUT2D eigenvalue weighted by molar-refractivity contribution is 0.102. The van der Waals surface area contributed by atoms with Crippen molar-refractivity contribution in [1.29, 1.82) is 0 Å². The minimum absolute atomic E-state index is 0.0188. The summed E-state index contributed by atoms with van der Waals surface area (Å²) in [6, 6.07) is 11.4. The highest BCUT2D eigenvalue weighted by atomic mass is 16.3. The fraction of sp³-hybridized carbons (Fsp3) is 0.111. The van der Waals surface area contributed by atoms with Crippen molar-refractivity contribution in [1.82, 2.24) is 4.57 Å². The minimum atomic E-state index is -0.852. The maximum absolute atomic E-state index is 12.7. The molecule has 6 heteroatoms. The number of nitrogens with two attached hydrogens (primary N) is 1. The molecule has 0 aliphatic carbocycles. The van der Waals surface area contributed by atoms with E-state index in [-0.39, 0.29) is 5.56 Å². The number of anilines is 1. The van der Waals surface area contributed by atoms with Crippen LogP contribution in [0, 0.1) is 13.8 Å². The lowest BCUT2D eigenvalue weighted by atomic mass is 10.1. The van der Waals surface area contributed by atoms with Gasteiger partial charge in [0.1, 0.15) is 5.56 Å². The highest BCUT2D eigenvalue weighted by molar-refractivity contribution is 6.16. The number of hydrogen-bond donors (Lipinski definition) is 3. The second-order valence-corrected chi connectivity index (χ2v) is 5.59. The fourth-order valence-electron chi connectivity index (χ4n) is 2.74. The molecule has 0 saturated heterocycles. The molecule has 0 fully saturated rings. The number of hydrogen-bond acceptors (Lipinski definition) is 3. The predicted molar refractivity (Wildman–Crippen MR) is 92.5 cm³/mol. The molecular formula is C18H17N3O3. The average Bonchev–Trinajstić information content (AvgIpc) is 2.83. The number of carbonyl (C=O) groups is 2. The van der Waals surface area contributed by atoms with Gasteiger partial charge >= 0.3 is 6.03 Å². The van der Waals surface area contributed by atoms with E-state index in [1.165, 1.54) is 0 Å². The van der Waals surface area contributed by atoms with Crippen LogP contribution < -0.4 is 11.1 Å². The molecule has 1 aromatic heterocycles. The Labute approximate surface area is 138 Å². The Bertz CT molecular complexity index is 973. The number of rotatable bonds is 2. The summed E-state index contributed by atoms with van der Waals surface area (Å²) in [5, 5.41) is 13.6. The van der Waals surface area contributed by atoms with Gasteiger partial charge in [-0.05, 0) is 37.1 Å². The average molecular weight is 323 g/mol. The van der Waals surface area contributed by atoms with Gasteiger partial charge in [0.05, 0.1) is 5.52 Å². The van der Waals surface area contributed by atoms with E-state index < -0.39 is 17.8 Å². The van der Waals surface area contributed by atoms with Crippen LogP contribution in [0.4, 0.5) is 10.5 Å². The van der Waals surface area contributed by atoms with Crippen LogP contribution in [0.25, 0.3) is 10.9 Å². The van der Waals surface area contributed by atoms with Crippen molar-refractivity contribution >= 4 is 28.5 Å². The summed E-state index contributed by atoms with van der Waals surface area (Å²) in [5.74, 6) is -0.969. The molecule has 0 aliphatic rings. The van der Waals surface area contributed by atoms with Gasteiger partial charge in [-0.1, -0.05) is 30.3 Å². The van der Waals surface area contributed by atoms with Crippen LogP contribution in [0.2, 0.25) is 0 Å². The van der Waals surface area contributed by atoms with Crippen LogP contribution >= 0.6 is 0 Å². The number of amides is 2. The Morgan fingerprint density at radius 1 is 1.08 bits per heavy atom. The molecule has 1 heterocycles. The van der Waals surface area contributed by atoms with Crippen molar-refractivity contribution in [3.8, 4) is 5.88 Å². The van der Waals surface area contributed by atoms with Crippen LogP contribution in [0.15, 0.2) is 42.5 Å². The fourth-order valence-corrected chi connectivity index (χ4v) is 2.74. The summed E-state index contributed by atoms with van der Waals surface area (Å²) < 4.78 is 0.924. The number of para-hydroxylation sites is 1. The molecule has 4 N–H and O–H groups in total. The number of fused-ring (bicyclic) bond motifs is 1. The summed E-state index contributed by atoms with van der Waals surface area (Å²) >= 11 is 0. The number of primary amides is 1. The number of aryl methyl sites for hydroxylation is 1. The second-order valence-electron chi connectivity index (χ2n) is 5.59. The number of carbonyl (C=O) groups excluding carboxylic acids is 2. The molecule has 2 aromatic carbocycles. The van der Waals surface area contributed by atoms with Crippen molar-refractivity contribution in [2.24, 2.45) is 5.73 Å². The predicted octanol–water partition coefficient (Wildman–Crippen LogP) is 3.14. The number of aromatic hydroxyl groups is 1. The first-order valence-electron chi connectivity index (χ1n) is 7.41. The van der Waals surface area contributed by atoms with Gasteiger partial charge < -0.3 is 16.2 Å². The van der Waals surface area contributed by atoms with Crippen LogP contribution in [0.5, 0.6) is 5.88 Å². The third-order valence-electron chi connectivity index (χ3n) is 4.15. The highest BCUT2D eigenvalue weighted by Crippen LogP contribution is 2.32. The van der Waals surface area contributed by atoms with Gasteiger partial charge in [-0.3, -0.25) is 4.79 Å². The summed E-state index contributed by atoms with van der Waals surface area (Å²) in [5.41, 5.74) is 8.35. The van der Waals surface area contributed by atoms with Crippen LogP contribution in [-0.2, 0) is 0 Å². The topological polar surface area (TPSA) is 97.3 Å².